The van der Waals surface area contributed by atoms with E-state index in [1.807, 2.05) is 42.7 Å². The lowest BCUT2D eigenvalue weighted by atomic mass is 9.95. The van der Waals surface area contributed by atoms with Crippen molar-refractivity contribution in [1.29, 1.82) is 0 Å². The number of benzene rings is 2. The summed E-state index contributed by atoms with van der Waals surface area (Å²) in [6, 6.07) is 11.4. The largest absolute Gasteiger partial charge is 0.490 e. The van der Waals surface area contributed by atoms with Gasteiger partial charge in [-0.15, -0.1) is 0 Å². The fourth-order valence-corrected chi connectivity index (χ4v) is 4.97. The Hall–Kier alpha value is -5.04. The van der Waals surface area contributed by atoms with Crippen molar-refractivity contribution in [3.05, 3.63) is 70.6 Å². The highest BCUT2D eigenvalue weighted by molar-refractivity contribution is 6.01. The number of aromatic nitrogens is 1. The van der Waals surface area contributed by atoms with Gasteiger partial charge in [0.05, 0.1) is 38.2 Å². The van der Waals surface area contributed by atoms with Gasteiger partial charge in [-0.25, -0.2) is 9.59 Å². The van der Waals surface area contributed by atoms with Crippen molar-refractivity contribution in [3.8, 4) is 11.5 Å². The van der Waals surface area contributed by atoms with Crippen LogP contribution in [0.5, 0.6) is 11.5 Å². The summed E-state index contributed by atoms with van der Waals surface area (Å²) in [5.41, 5.74) is 6.37. The molecule has 4 N–H and O–H groups in total. The number of urea groups is 1. The molecule has 0 saturated heterocycles. The average Bonchev–Trinajstić information content (AvgIpc) is 3.26. The number of methoxy groups -OCH3 is 1. The summed E-state index contributed by atoms with van der Waals surface area (Å²) in [4.78, 5) is 36.8. The minimum atomic E-state index is -1.17. The minimum Gasteiger partial charge on any atom is -0.490 e. The Balaban J connectivity index is 1.46. The number of allylic oxidation sites excluding steroid dienone is 1. The molecule has 0 aliphatic carbocycles. The average molecular weight is 608 g/mol. The molecule has 0 bridgehead atoms. The van der Waals surface area contributed by atoms with Gasteiger partial charge in [0.15, 0.2) is 17.7 Å². The Morgan fingerprint density at radius 3 is 2.61 bits per heavy atom. The van der Waals surface area contributed by atoms with E-state index in [1.54, 1.807) is 38.3 Å². The third-order valence-corrected chi connectivity index (χ3v) is 6.96. The fraction of sp³-hybridized carbons (Fsp3) is 0.355. The number of aliphatic hydroxyl groups is 1. The quantitative estimate of drug-likeness (QED) is 0.0991. The zero-order valence-electron chi connectivity index (χ0n) is 25.3. The van der Waals surface area contributed by atoms with Crippen molar-refractivity contribution in [1.82, 2.24) is 20.6 Å². The molecule has 4 rings (SSSR count). The van der Waals surface area contributed by atoms with Gasteiger partial charge in [0.25, 0.3) is 0 Å². The Morgan fingerprint density at radius 2 is 1.89 bits per heavy atom. The number of rotatable bonds is 13. The third kappa shape index (κ3) is 7.11. The number of aliphatic hydroxyl groups excluding tert-OH is 1. The molecule has 0 unspecified atom stereocenters. The van der Waals surface area contributed by atoms with Crippen LogP contribution in [0.25, 0.3) is 10.9 Å². The molecule has 0 radical (unpaired) electrons. The standard InChI is InChI=1S/C31H37N5O8/c1-6-42-25-14-20(29-28(30(39)41-5)18(3)33-31(40)34-29)12-13-24(25)44-17-26(37)35-32-15-22-19(4)36(16-27(38)43-7-2)23-11-9-8-10-21(22)23/h8-15,26,29,35,37H,6-7,16-17H2,1-5H3,(H2,33,34,40)/b32-15+/t26-,29+/m1/s1. The van der Waals surface area contributed by atoms with Gasteiger partial charge in [-0.3, -0.25) is 10.2 Å². The molecular formula is C31H37N5O8. The second-order valence-corrected chi connectivity index (χ2v) is 9.82. The smallest absolute Gasteiger partial charge is 0.337 e. The molecule has 1 aromatic heterocycles. The second-order valence-electron chi connectivity index (χ2n) is 9.82. The lowest BCUT2D eigenvalue weighted by Gasteiger charge is -2.28. The van der Waals surface area contributed by atoms with E-state index in [0.29, 0.717) is 36.0 Å². The predicted octanol–water partition coefficient (Wildman–Crippen LogP) is 3.03. The number of nitrogens with one attached hydrogen (secondary N) is 3. The van der Waals surface area contributed by atoms with E-state index in [9.17, 15) is 19.5 Å². The second kappa shape index (κ2) is 14.4. The third-order valence-electron chi connectivity index (χ3n) is 6.96. The van der Waals surface area contributed by atoms with E-state index in [4.69, 9.17) is 18.9 Å². The van der Waals surface area contributed by atoms with Crippen molar-refractivity contribution in [3.63, 3.8) is 0 Å². The fourth-order valence-electron chi connectivity index (χ4n) is 4.97. The molecule has 2 atom stereocenters. The zero-order chi connectivity index (χ0) is 31.8. The molecule has 0 saturated carbocycles. The van der Waals surface area contributed by atoms with Gasteiger partial charge in [0.2, 0.25) is 0 Å². The van der Waals surface area contributed by atoms with Crippen molar-refractivity contribution in [2.75, 3.05) is 26.9 Å². The number of fused-ring (bicyclic) bond motifs is 1. The monoisotopic (exact) mass is 607 g/mol. The van der Waals surface area contributed by atoms with Gasteiger partial charge in [0.1, 0.15) is 13.2 Å². The number of carbonyl (C=O) groups is 3. The molecule has 234 valence electrons. The maximum atomic E-state index is 12.5. The Morgan fingerprint density at radius 1 is 1.11 bits per heavy atom. The molecule has 0 spiro atoms. The first-order valence-electron chi connectivity index (χ1n) is 14.1. The van der Waals surface area contributed by atoms with Gasteiger partial charge in [-0.1, -0.05) is 24.3 Å². The van der Waals surface area contributed by atoms with Gasteiger partial charge < -0.3 is 39.3 Å². The van der Waals surface area contributed by atoms with E-state index in [0.717, 1.165) is 22.2 Å². The maximum absolute atomic E-state index is 12.5. The van der Waals surface area contributed by atoms with E-state index >= 15 is 0 Å². The van der Waals surface area contributed by atoms with Crippen molar-refractivity contribution < 1.29 is 38.4 Å². The summed E-state index contributed by atoms with van der Waals surface area (Å²) >= 11 is 0. The lowest BCUT2D eigenvalue weighted by Crippen LogP contribution is -2.45. The molecule has 2 heterocycles. The van der Waals surface area contributed by atoms with Crippen LogP contribution in [0.3, 0.4) is 0 Å². The van der Waals surface area contributed by atoms with Crippen LogP contribution >= 0.6 is 0 Å². The van der Waals surface area contributed by atoms with E-state index in [2.05, 4.69) is 21.2 Å². The van der Waals surface area contributed by atoms with E-state index in [-0.39, 0.29) is 24.7 Å². The van der Waals surface area contributed by atoms with Crippen molar-refractivity contribution in [2.24, 2.45) is 5.10 Å². The Bertz CT molecular complexity index is 1600. The highest BCUT2D eigenvalue weighted by Gasteiger charge is 2.32. The summed E-state index contributed by atoms with van der Waals surface area (Å²) in [5, 5.41) is 21.0. The van der Waals surface area contributed by atoms with Crippen LogP contribution in [-0.2, 0) is 25.6 Å². The molecule has 0 fully saturated rings. The predicted molar refractivity (Wildman–Crippen MR) is 162 cm³/mol. The topological polar surface area (TPSA) is 162 Å². The number of hydrazone groups is 1. The van der Waals surface area contributed by atoms with Gasteiger partial charge in [-0.2, -0.15) is 5.10 Å². The van der Waals surface area contributed by atoms with Gasteiger partial charge in [-0.05, 0) is 51.5 Å². The lowest BCUT2D eigenvalue weighted by molar-refractivity contribution is -0.143. The number of ether oxygens (including phenoxy) is 4. The van der Waals surface area contributed by atoms with Crippen LogP contribution in [0.15, 0.2) is 58.8 Å². The maximum Gasteiger partial charge on any atom is 0.337 e. The van der Waals surface area contributed by atoms with Crippen LogP contribution < -0.4 is 25.5 Å². The van der Waals surface area contributed by atoms with Gasteiger partial charge in [0, 0.05) is 27.9 Å². The number of nitrogens with zero attached hydrogens (tertiary/aromatic N) is 2. The first-order chi connectivity index (χ1) is 21.2. The van der Waals surface area contributed by atoms with Crippen LogP contribution in [0.1, 0.15) is 43.6 Å². The normalized spacial score (nSPS) is 15.5. The Kier molecular flexibility index (Phi) is 10.5. The highest BCUT2D eigenvalue weighted by atomic mass is 16.5. The molecule has 13 heteroatoms. The first-order valence-corrected chi connectivity index (χ1v) is 14.1. The van der Waals surface area contributed by atoms with Crippen LogP contribution in [0.2, 0.25) is 0 Å². The molecule has 1 aliphatic heterocycles. The number of carbonyl (C=O) groups excluding carboxylic acids is 3. The summed E-state index contributed by atoms with van der Waals surface area (Å²) in [6.07, 6.45) is 0.416. The summed E-state index contributed by atoms with van der Waals surface area (Å²) < 4.78 is 23.5. The zero-order valence-corrected chi connectivity index (χ0v) is 25.3. The van der Waals surface area contributed by atoms with Crippen LogP contribution in [-0.4, -0.2) is 67.0 Å². The molecule has 3 aromatic rings. The number of amides is 2. The van der Waals surface area contributed by atoms with Crippen LogP contribution in [0.4, 0.5) is 4.79 Å². The molecule has 13 nitrogen and oxygen atoms in total. The number of para-hydroxylation sites is 1. The Labute approximate surface area is 254 Å². The SMILES string of the molecule is CCOC(=O)Cn1c(C)c(/C=N/N[C@H](O)COc2ccc([C@@H]3NC(=O)NC(C)=C3C(=O)OC)cc2OCC)c2ccccc21. The molecule has 2 amide bonds. The van der Waals surface area contributed by atoms with E-state index in [1.165, 1.54) is 7.11 Å². The number of esters is 2. The van der Waals surface area contributed by atoms with E-state index < -0.39 is 24.3 Å². The first kappa shape index (κ1) is 31.9. The summed E-state index contributed by atoms with van der Waals surface area (Å²) in [6.45, 7) is 7.61. The summed E-state index contributed by atoms with van der Waals surface area (Å²) in [7, 11) is 1.27. The van der Waals surface area contributed by atoms with Crippen molar-refractivity contribution >= 4 is 35.1 Å². The molecule has 1 aliphatic rings. The number of hydrogen-bond acceptors (Lipinski definition) is 10. The molecule has 2 aromatic carbocycles. The van der Waals surface area contributed by atoms with Gasteiger partial charge >= 0.3 is 18.0 Å². The summed E-state index contributed by atoms with van der Waals surface area (Å²) in [5.74, 6) is -0.202. The number of hydrogen-bond donors (Lipinski definition) is 4. The molecule has 44 heavy (non-hydrogen) atoms. The minimum absolute atomic E-state index is 0.0722. The van der Waals surface area contributed by atoms with Crippen molar-refractivity contribution in [2.45, 2.75) is 46.5 Å². The molecular weight excluding hydrogens is 570 g/mol. The van der Waals surface area contributed by atoms with Crippen LogP contribution in [0, 0.1) is 6.92 Å². The highest BCUT2D eigenvalue weighted by Crippen LogP contribution is 2.35.